The molecule has 4 heteroatoms. The Hall–Kier alpha value is -1.55. The van der Waals surface area contributed by atoms with Crippen LogP contribution in [0.5, 0.6) is 5.75 Å². The van der Waals surface area contributed by atoms with Gasteiger partial charge in [0.25, 0.3) is 0 Å². The van der Waals surface area contributed by atoms with Crippen LogP contribution in [0.25, 0.3) is 11.1 Å². The summed E-state index contributed by atoms with van der Waals surface area (Å²) in [6.07, 6.45) is 1.17. The number of nitrogens with zero attached hydrogens (tertiary/aromatic N) is 1. The second-order valence-corrected chi connectivity index (χ2v) is 4.58. The first-order valence-corrected chi connectivity index (χ1v) is 5.96. The fourth-order valence-electron chi connectivity index (χ4n) is 2.35. The first-order chi connectivity index (χ1) is 8.28. The summed E-state index contributed by atoms with van der Waals surface area (Å²) >= 11 is 0. The molecule has 1 N–H and O–H groups in total. The summed E-state index contributed by atoms with van der Waals surface area (Å²) in [7, 11) is 1.65. The molecule has 1 saturated heterocycles. The summed E-state index contributed by atoms with van der Waals surface area (Å²) in [6.45, 7) is 3.26. The Morgan fingerprint density at radius 1 is 1.47 bits per heavy atom. The summed E-state index contributed by atoms with van der Waals surface area (Å²) in [5.74, 6) is 2.16. The lowest BCUT2D eigenvalue weighted by molar-refractivity contribution is 0.391. The number of methoxy groups -OCH3 is 1. The van der Waals surface area contributed by atoms with E-state index >= 15 is 0 Å². The molecule has 2 aromatic rings. The molecular weight excluding hydrogens is 216 g/mol. The van der Waals surface area contributed by atoms with Crippen LogP contribution in [0.15, 0.2) is 22.6 Å². The Bertz CT molecular complexity index is 535. The minimum absolute atomic E-state index is 0.244. The molecule has 1 aromatic heterocycles. The molecule has 2 heterocycles. The van der Waals surface area contributed by atoms with Crippen molar-refractivity contribution in [1.29, 1.82) is 0 Å². The Kier molecular flexibility index (Phi) is 2.52. The topological polar surface area (TPSA) is 47.3 Å². The molecule has 2 unspecified atom stereocenters. The molecule has 1 aliphatic heterocycles. The van der Waals surface area contributed by atoms with E-state index in [1.165, 1.54) is 6.42 Å². The van der Waals surface area contributed by atoms with Crippen LogP contribution in [0, 0.1) is 5.92 Å². The standard InChI is InChI=1S/C13H16N2O2/c1-8-5-6-14-12(8)13-15-10-4-3-9(16-2)7-11(10)17-13/h3-4,7-8,12,14H,5-6H2,1-2H3. The van der Waals surface area contributed by atoms with Gasteiger partial charge in [-0.15, -0.1) is 0 Å². The molecule has 0 saturated carbocycles. The molecule has 90 valence electrons. The van der Waals surface area contributed by atoms with Crippen LogP contribution >= 0.6 is 0 Å². The maximum absolute atomic E-state index is 5.81. The van der Waals surface area contributed by atoms with Gasteiger partial charge >= 0.3 is 0 Å². The van der Waals surface area contributed by atoms with Gasteiger partial charge in [-0.25, -0.2) is 4.98 Å². The first kappa shape index (κ1) is 10.6. The number of hydrogen-bond acceptors (Lipinski definition) is 4. The molecule has 0 aliphatic carbocycles. The number of nitrogens with one attached hydrogen (secondary N) is 1. The van der Waals surface area contributed by atoms with Crippen LogP contribution in [0.4, 0.5) is 0 Å². The predicted molar refractivity (Wildman–Crippen MR) is 65.1 cm³/mol. The van der Waals surface area contributed by atoms with Crippen LogP contribution in [0.2, 0.25) is 0 Å². The number of hydrogen-bond donors (Lipinski definition) is 1. The van der Waals surface area contributed by atoms with Crippen molar-refractivity contribution in [2.45, 2.75) is 19.4 Å². The number of fused-ring (bicyclic) bond motifs is 1. The van der Waals surface area contributed by atoms with E-state index in [-0.39, 0.29) is 6.04 Å². The number of ether oxygens (including phenoxy) is 1. The average Bonchev–Trinajstić information content (AvgIpc) is 2.93. The zero-order valence-corrected chi connectivity index (χ0v) is 10.1. The highest BCUT2D eigenvalue weighted by Crippen LogP contribution is 2.31. The Labute approximate surface area is 100.0 Å². The van der Waals surface area contributed by atoms with E-state index in [0.29, 0.717) is 5.92 Å². The van der Waals surface area contributed by atoms with Crippen molar-refractivity contribution >= 4 is 11.1 Å². The molecule has 0 amide bonds. The van der Waals surface area contributed by atoms with Crippen LogP contribution in [0.3, 0.4) is 0 Å². The second-order valence-electron chi connectivity index (χ2n) is 4.58. The van der Waals surface area contributed by atoms with Crippen molar-refractivity contribution < 1.29 is 9.15 Å². The van der Waals surface area contributed by atoms with Gasteiger partial charge in [-0.2, -0.15) is 0 Å². The monoisotopic (exact) mass is 232 g/mol. The number of rotatable bonds is 2. The van der Waals surface area contributed by atoms with Gasteiger partial charge in [0, 0.05) is 6.07 Å². The van der Waals surface area contributed by atoms with Gasteiger partial charge in [0.2, 0.25) is 5.89 Å². The maximum Gasteiger partial charge on any atom is 0.212 e. The van der Waals surface area contributed by atoms with Crippen molar-refractivity contribution in [3.63, 3.8) is 0 Å². The zero-order valence-electron chi connectivity index (χ0n) is 10.1. The lowest BCUT2D eigenvalue weighted by Crippen LogP contribution is -2.16. The van der Waals surface area contributed by atoms with Crippen molar-refractivity contribution in [1.82, 2.24) is 10.3 Å². The molecule has 1 fully saturated rings. The van der Waals surface area contributed by atoms with Crippen LogP contribution in [-0.4, -0.2) is 18.6 Å². The molecular formula is C13H16N2O2. The second kappa shape index (κ2) is 4.04. The fourth-order valence-corrected chi connectivity index (χ4v) is 2.35. The fraction of sp³-hybridized carbons (Fsp3) is 0.462. The van der Waals surface area contributed by atoms with E-state index in [0.717, 1.165) is 29.3 Å². The minimum Gasteiger partial charge on any atom is -0.497 e. The van der Waals surface area contributed by atoms with E-state index in [1.807, 2.05) is 18.2 Å². The highest BCUT2D eigenvalue weighted by atomic mass is 16.5. The SMILES string of the molecule is COc1ccc2nc(C3NCCC3C)oc2c1. The molecule has 4 nitrogen and oxygen atoms in total. The Morgan fingerprint density at radius 2 is 2.35 bits per heavy atom. The van der Waals surface area contributed by atoms with Crippen LogP contribution in [0.1, 0.15) is 25.3 Å². The van der Waals surface area contributed by atoms with E-state index < -0.39 is 0 Å². The summed E-state index contributed by atoms with van der Waals surface area (Å²) in [4.78, 5) is 4.54. The predicted octanol–water partition coefficient (Wildman–Crippen LogP) is 2.51. The normalized spacial score (nSPS) is 24.4. The molecule has 3 rings (SSSR count). The number of oxazole rings is 1. The highest BCUT2D eigenvalue weighted by Gasteiger charge is 2.28. The zero-order chi connectivity index (χ0) is 11.8. The molecule has 0 radical (unpaired) electrons. The summed E-state index contributed by atoms with van der Waals surface area (Å²) < 4.78 is 11.0. The van der Waals surface area contributed by atoms with E-state index in [1.54, 1.807) is 7.11 Å². The lowest BCUT2D eigenvalue weighted by Gasteiger charge is -2.10. The summed E-state index contributed by atoms with van der Waals surface area (Å²) in [5.41, 5.74) is 1.68. The smallest absolute Gasteiger partial charge is 0.212 e. The number of aromatic nitrogens is 1. The molecule has 1 aliphatic rings. The molecule has 0 bridgehead atoms. The lowest BCUT2D eigenvalue weighted by atomic mass is 10.0. The van der Waals surface area contributed by atoms with Crippen LogP contribution in [-0.2, 0) is 0 Å². The van der Waals surface area contributed by atoms with Crippen molar-refractivity contribution in [2.24, 2.45) is 5.92 Å². The third-order valence-corrected chi connectivity index (χ3v) is 3.41. The summed E-state index contributed by atoms with van der Waals surface area (Å²) in [6, 6.07) is 5.96. The van der Waals surface area contributed by atoms with Gasteiger partial charge in [0.1, 0.15) is 11.3 Å². The van der Waals surface area contributed by atoms with Crippen LogP contribution < -0.4 is 10.1 Å². The third-order valence-electron chi connectivity index (χ3n) is 3.41. The van der Waals surface area contributed by atoms with Gasteiger partial charge in [-0.1, -0.05) is 6.92 Å². The van der Waals surface area contributed by atoms with Gasteiger partial charge in [0.05, 0.1) is 13.2 Å². The average molecular weight is 232 g/mol. The molecule has 0 spiro atoms. The van der Waals surface area contributed by atoms with E-state index in [2.05, 4.69) is 17.2 Å². The Morgan fingerprint density at radius 3 is 3.06 bits per heavy atom. The van der Waals surface area contributed by atoms with Gasteiger partial charge in [0.15, 0.2) is 5.58 Å². The molecule has 17 heavy (non-hydrogen) atoms. The third kappa shape index (κ3) is 1.78. The number of benzene rings is 1. The quantitative estimate of drug-likeness (QED) is 0.864. The van der Waals surface area contributed by atoms with Crippen molar-refractivity contribution in [3.05, 3.63) is 24.1 Å². The summed E-state index contributed by atoms with van der Waals surface area (Å²) in [5, 5.41) is 3.42. The van der Waals surface area contributed by atoms with Gasteiger partial charge in [-0.05, 0) is 31.0 Å². The van der Waals surface area contributed by atoms with Gasteiger partial charge < -0.3 is 14.5 Å². The van der Waals surface area contributed by atoms with Crippen molar-refractivity contribution in [3.8, 4) is 5.75 Å². The van der Waals surface area contributed by atoms with E-state index in [9.17, 15) is 0 Å². The van der Waals surface area contributed by atoms with Crippen molar-refractivity contribution in [2.75, 3.05) is 13.7 Å². The first-order valence-electron chi connectivity index (χ1n) is 5.96. The molecule has 1 aromatic carbocycles. The van der Waals surface area contributed by atoms with Gasteiger partial charge in [-0.3, -0.25) is 0 Å². The van der Waals surface area contributed by atoms with E-state index in [4.69, 9.17) is 9.15 Å². The largest absolute Gasteiger partial charge is 0.497 e. The Balaban J connectivity index is 2.01. The minimum atomic E-state index is 0.244. The molecule has 2 atom stereocenters. The maximum atomic E-state index is 5.81. The highest BCUT2D eigenvalue weighted by molar-refractivity contribution is 5.74.